The van der Waals surface area contributed by atoms with E-state index < -0.39 is 95.5 Å². The number of carboxylic acid groups (broad SMARTS) is 1. The Bertz CT molecular complexity index is 1300. The predicted octanol–water partition coefficient (Wildman–Crippen LogP) is 0.0498. The van der Waals surface area contributed by atoms with Gasteiger partial charge in [0.15, 0.2) is 0 Å². The molecule has 0 heterocycles. The minimum absolute atomic E-state index is 0.00965. The average Bonchev–Trinajstić information content (AvgIpc) is 3.07. The number of rotatable bonds is 27. The Morgan fingerprint density at radius 1 is 0.582 bits per heavy atom. The Hall–Kier alpha value is -3.58. The maximum atomic E-state index is 13.7. The van der Waals surface area contributed by atoms with E-state index in [4.69, 9.17) is 11.5 Å². The summed E-state index contributed by atoms with van der Waals surface area (Å²) in [6.07, 6.45) is 2.47. The number of primary amides is 1. The van der Waals surface area contributed by atoms with Gasteiger partial charge in [-0.25, -0.2) is 4.79 Å². The van der Waals surface area contributed by atoms with Gasteiger partial charge in [0.2, 0.25) is 41.4 Å². The highest BCUT2D eigenvalue weighted by molar-refractivity contribution is 7.98. The Morgan fingerprint density at radius 2 is 0.982 bits per heavy atom. The molecule has 7 amide bonds. The van der Waals surface area contributed by atoms with Crippen LogP contribution in [0.15, 0.2) is 0 Å². The molecule has 11 N–H and O–H groups in total. The normalized spacial score (nSPS) is 15.3. The number of thiol groups is 1. The smallest absolute Gasteiger partial charge is 0.326 e. The fourth-order valence-electron chi connectivity index (χ4n) is 5.37. The molecule has 0 bridgehead atoms. The SMILES string of the molecule is CSCC[C@H](NC(=O)[C@H](CC(C)C)NC(=O)[C@@H](N)CCC(N)=O)C(=O)N[C@@H](CC(C)C)C(=O)N[C@@H](CS)C(=O)N[C@H](C(=O)N[C@@H](CC(C)C)C(=O)O)C(C)C. The standard InChI is InChI=1S/C36H66N8O9S2/c1-18(2)14-24(40-30(46)22(37)10-11-28(38)45)32(48)39-23(12-13-55-9)31(47)41-25(15-19(3)4)33(49)43-27(17-54)34(50)44-29(21(7)8)35(51)42-26(36(52)53)16-20(5)6/h18-27,29,54H,10-17,37H2,1-9H3,(H2,38,45)(H,39,48)(H,40,46)(H,41,47)(H,42,51)(H,43,49)(H,44,50)(H,52,53)/t22-,23-,24-,25-,26-,27-,29-/m0/s1. The molecule has 0 aliphatic rings. The summed E-state index contributed by atoms with van der Waals surface area (Å²) < 4.78 is 0. The molecule has 7 atom stereocenters. The lowest BCUT2D eigenvalue weighted by Crippen LogP contribution is -2.61. The van der Waals surface area contributed by atoms with Crippen molar-refractivity contribution in [3.05, 3.63) is 0 Å². The Balaban J connectivity index is 6.06. The molecule has 0 unspecified atom stereocenters. The average molecular weight is 819 g/mol. The summed E-state index contributed by atoms with van der Waals surface area (Å²) in [5, 5.41) is 25.4. The lowest BCUT2D eigenvalue weighted by Gasteiger charge is -2.28. The summed E-state index contributed by atoms with van der Waals surface area (Å²) in [6.45, 7) is 14.4. The van der Waals surface area contributed by atoms with Crippen LogP contribution in [0.2, 0.25) is 0 Å². The number of aliphatic carboxylic acids is 1. The van der Waals surface area contributed by atoms with Crippen LogP contribution >= 0.6 is 24.4 Å². The molecule has 0 aliphatic heterocycles. The first kappa shape index (κ1) is 51.4. The molecule has 0 aromatic rings. The third kappa shape index (κ3) is 20.8. The second kappa shape index (κ2) is 26.3. The highest BCUT2D eigenvalue weighted by Crippen LogP contribution is 2.12. The van der Waals surface area contributed by atoms with E-state index in [2.05, 4.69) is 44.5 Å². The molecule has 0 radical (unpaired) electrons. The number of amides is 7. The predicted molar refractivity (Wildman–Crippen MR) is 216 cm³/mol. The van der Waals surface area contributed by atoms with Crippen LogP contribution in [0, 0.1) is 23.7 Å². The summed E-state index contributed by atoms with van der Waals surface area (Å²) in [4.78, 5) is 103. The lowest BCUT2D eigenvalue weighted by atomic mass is 10.00. The molecule has 0 saturated carbocycles. The van der Waals surface area contributed by atoms with E-state index in [9.17, 15) is 43.5 Å². The molecule has 0 fully saturated rings. The summed E-state index contributed by atoms with van der Waals surface area (Å²) in [6, 6.07) is -7.89. The first-order valence-corrected chi connectivity index (χ1v) is 20.8. The number of carboxylic acids is 1. The van der Waals surface area contributed by atoms with Crippen molar-refractivity contribution in [1.82, 2.24) is 31.9 Å². The number of nitrogens with one attached hydrogen (secondary N) is 6. The molecule has 316 valence electrons. The van der Waals surface area contributed by atoms with Crippen molar-refractivity contribution in [3.8, 4) is 0 Å². The van der Waals surface area contributed by atoms with Crippen LogP contribution in [0.3, 0.4) is 0 Å². The molecule has 17 nitrogen and oxygen atoms in total. The van der Waals surface area contributed by atoms with Crippen molar-refractivity contribution in [2.75, 3.05) is 17.8 Å². The van der Waals surface area contributed by atoms with E-state index in [1.807, 2.05) is 47.8 Å². The molecule has 19 heteroatoms. The molecule has 0 aliphatic carbocycles. The summed E-state index contributed by atoms with van der Waals surface area (Å²) in [7, 11) is 0. The van der Waals surface area contributed by atoms with Gasteiger partial charge in [0.25, 0.3) is 0 Å². The van der Waals surface area contributed by atoms with Crippen LogP contribution in [0.25, 0.3) is 0 Å². The fraction of sp³-hybridized carbons (Fsp3) is 0.778. The van der Waals surface area contributed by atoms with Crippen molar-refractivity contribution in [2.24, 2.45) is 35.1 Å². The fourth-order valence-corrected chi connectivity index (χ4v) is 6.10. The zero-order valence-electron chi connectivity index (χ0n) is 33.7. The van der Waals surface area contributed by atoms with Gasteiger partial charge in [-0.05, 0) is 67.8 Å². The van der Waals surface area contributed by atoms with Gasteiger partial charge in [-0.2, -0.15) is 24.4 Å². The van der Waals surface area contributed by atoms with Crippen molar-refractivity contribution >= 4 is 71.7 Å². The van der Waals surface area contributed by atoms with Gasteiger partial charge in [0, 0.05) is 12.2 Å². The van der Waals surface area contributed by atoms with Gasteiger partial charge >= 0.3 is 5.97 Å². The highest BCUT2D eigenvalue weighted by atomic mass is 32.2. The summed E-state index contributed by atoms with van der Waals surface area (Å²) in [5.74, 6) is -6.19. The second-order valence-corrected chi connectivity index (χ2v) is 16.7. The number of carbonyl (C=O) groups excluding carboxylic acids is 7. The van der Waals surface area contributed by atoms with Gasteiger partial charge in [0.05, 0.1) is 6.04 Å². The van der Waals surface area contributed by atoms with Crippen LogP contribution in [-0.2, 0) is 38.4 Å². The molecule has 55 heavy (non-hydrogen) atoms. The van der Waals surface area contributed by atoms with Gasteiger partial charge in [0.1, 0.15) is 36.3 Å². The number of hydrogen-bond acceptors (Lipinski definition) is 11. The zero-order valence-corrected chi connectivity index (χ0v) is 35.4. The number of hydrogen-bond donors (Lipinski definition) is 10. The maximum absolute atomic E-state index is 13.7. The van der Waals surface area contributed by atoms with Crippen molar-refractivity contribution < 1.29 is 43.5 Å². The van der Waals surface area contributed by atoms with Crippen LogP contribution in [0.4, 0.5) is 0 Å². The topological polar surface area (TPSA) is 281 Å². The van der Waals surface area contributed by atoms with Crippen LogP contribution in [0.1, 0.15) is 93.9 Å². The van der Waals surface area contributed by atoms with E-state index in [1.165, 1.54) is 11.8 Å². The molecule has 0 spiro atoms. The third-order valence-electron chi connectivity index (χ3n) is 8.35. The Labute approximate surface area is 335 Å². The van der Waals surface area contributed by atoms with Gasteiger partial charge in [-0.15, -0.1) is 0 Å². The van der Waals surface area contributed by atoms with Crippen LogP contribution < -0.4 is 43.4 Å². The minimum Gasteiger partial charge on any atom is -0.480 e. The van der Waals surface area contributed by atoms with E-state index in [1.54, 1.807) is 13.8 Å². The Morgan fingerprint density at radius 3 is 1.40 bits per heavy atom. The number of thioether (sulfide) groups is 1. The zero-order chi connectivity index (χ0) is 42.6. The highest BCUT2D eigenvalue weighted by Gasteiger charge is 2.34. The van der Waals surface area contributed by atoms with Crippen molar-refractivity contribution in [2.45, 2.75) is 136 Å². The van der Waals surface area contributed by atoms with Crippen molar-refractivity contribution in [3.63, 3.8) is 0 Å². The largest absolute Gasteiger partial charge is 0.480 e. The third-order valence-corrected chi connectivity index (χ3v) is 9.36. The molecular formula is C36H66N8O9S2. The monoisotopic (exact) mass is 818 g/mol. The Kier molecular flexibility index (Phi) is 24.6. The molecular weight excluding hydrogens is 753 g/mol. The molecule has 0 saturated heterocycles. The summed E-state index contributed by atoms with van der Waals surface area (Å²) >= 11 is 5.68. The van der Waals surface area contributed by atoms with Gasteiger partial charge in [-0.3, -0.25) is 33.6 Å². The number of nitrogens with two attached hydrogens (primary N) is 2. The first-order chi connectivity index (χ1) is 25.5. The second-order valence-electron chi connectivity index (χ2n) is 15.3. The molecule has 0 aromatic carbocycles. The van der Waals surface area contributed by atoms with Crippen LogP contribution in [0.5, 0.6) is 0 Å². The van der Waals surface area contributed by atoms with E-state index >= 15 is 0 Å². The molecule has 0 rings (SSSR count). The lowest BCUT2D eigenvalue weighted by molar-refractivity contribution is -0.143. The summed E-state index contributed by atoms with van der Waals surface area (Å²) in [5.41, 5.74) is 11.1. The maximum Gasteiger partial charge on any atom is 0.326 e. The van der Waals surface area contributed by atoms with Crippen LogP contribution in [-0.4, -0.2) is 112 Å². The first-order valence-electron chi connectivity index (χ1n) is 18.7. The van der Waals surface area contributed by atoms with Crippen molar-refractivity contribution in [1.29, 1.82) is 0 Å². The quantitative estimate of drug-likeness (QED) is 0.0495. The van der Waals surface area contributed by atoms with E-state index in [0.717, 1.165) is 0 Å². The number of carbonyl (C=O) groups is 8. The van der Waals surface area contributed by atoms with Gasteiger partial charge in [-0.1, -0.05) is 55.4 Å². The van der Waals surface area contributed by atoms with E-state index in [0.29, 0.717) is 5.75 Å². The van der Waals surface area contributed by atoms with E-state index in [-0.39, 0.29) is 62.0 Å². The molecule has 0 aromatic heterocycles. The van der Waals surface area contributed by atoms with Gasteiger partial charge < -0.3 is 48.5 Å². The minimum atomic E-state index is -1.23.